The van der Waals surface area contributed by atoms with Gasteiger partial charge in [0, 0.05) is 23.7 Å². The number of rotatable bonds is 2. The number of likely N-dealkylation sites (N-methyl/N-ethyl adjacent to an activating group) is 1. The molecule has 0 radical (unpaired) electrons. The zero-order valence-electron chi connectivity index (χ0n) is 14.6. The lowest BCUT2D eigenvalue weighted by Crippen LogP contribution is -2.42. The van der Waals surface area contributed by atoms with Gasteiger partial charge in [0.1, 0.15) is 17.0 Å². The van der Waals surface area contributed by atoms with E-state index in [4.69, 9.17) is 4.74 Å². The molecule has 1 atom stereocenters. The number of ether oxygens (including phenoxy) is 1. The normalized spacial score (nSPS) is 17.6. The minimum Gasteiger partial charge on any atom is -0.444 e. The molecule has 1 saturated heterocycles. The summed E-state index contributed by atoms with van der Waals surface area (Å²) in [6, 6.07) is 2.11. The standard InChI is InChI=1S/C17H21F2IN2O3/c1-17(2,3)25-16(24)21(4)10-7-8-22(9-10)15(23)13-11(18)5-6-12(20)14(13)19/h5-6,10H,7-9H2,1-4H3. The van der Waals surface area contributed by atoms with E-state index in [0.29, 0.717) is 13.0 Å². The lowest BCUT2D eigenvalue weighted by atomic mass is 10.1. The molecule has 2 amide bonds. The van der Waals surface area contributed by atoms with Gasteiger partial charge in [0.15, 0.2) is 5.82 Å². The van der Waals surface area contributed by atoms with Gasteiger partial charge in [0.25, 0.3) is 5.91 Å². The van der Waals surface area contributed by atoms with Gasteiger partial charge in [-0.2, -0.15) is 0 Å². The molecule has 0 aliphatic carbocycles. The van der Waals surface area contributed by atoms with Crippen molar-refractivity contribution in [3.63, 3.8) is 0 Å². The molecule has 1 fully saturated rings. The quantitative estimate of drug-likeness (QED) is 0.494. The zero-order valence-corrected chi connectivity index (χ0v) is 16.8. The summed E-state index contributed by atoms with van der Waals surface area (Å²) in [7, 11) is 1.60. The van der Waals surface area contributed by atoms with Crippen molar-refractivity contribution in [1.82, 2.24) is 9.80 Å². The Balaban J connectivity index is 2.09. The summed E-state index contributed by atoms with van der Waals surface area (Å²) in [5, 5.41) is 0. The summed E-state index contributed by atoms with van der Waals surface area (Å²) in [5.41, 5.74) is -1.17. The molecule has 25 heavy (non-hydrogen) atoms. The minimum atomic E-state index is -0.883. The summed E-state index contributed by atoms with van der Waals surface area (Å²) in [6.45, 7) is 5.84. The molecule has 1 aromatic carbocycles. The predicted molar refractivity (Wildman–Crippen MR) is 97.4 cm³/mol. The number of nitrogens with zero attached hydrogens (tertiary/aromatic N) is 2. The van der Waals surface area contributed by atoms with E-state index in [1.165, 1.54) is 15.9 Å². The van der Waals surface area contributed by atoms with Crippen LogP contribution in [0.2, 0.25) is 0 Å². The van der Waals surface area contributed by atoms with Crippen LogP contribution in [0.15, 0.2) is 12.1 Å². The van der Waals surface area contributed by atoms with E-state index in [1.807, 2.05) is 0 Å². The number of amides is 2. The predicted octanol–water partition coefficient (Wildman–Crippen LogP) is 3.65. The molecular formula is C17H21F2IN2O3. The van der Waals surface area contributed by atoms with Crippen molar-refractivity contribution in [2.75, 3.05) is 20.1 Å². The first-order chi connectivity index (χ1) is 11.5. The van der Waals surface area contributed by atoms with Gasteiger partial charge in [-0.1, -0.05) is 0 Å². The highest BCUT2D eigenvalue weighted by Crippen LogP contribution is 2.24. The first kappa shape index (κ1) is 19.9. The number of halogens is 3. The van der Waals surface area contributed by atoms with Gasteiger partial charge >= 0.3 is 6.09 Å². The molecule has 0 aromatic heterocycles. The molecule has 2 rings (SSSR count). The Hall–Kier alpha value is -1.45. The molecule has 1 unspecified atom stereocenters. The van der Waals surface area contributed by atoms with Crippen molar-refractivity contribution in [3.05, 3.63) is 32.9 Å². The molecule has 8 heteroatoms. The molecule has 1 aromatic rings. The Labute approximate surface area is 159 Å². The largest absolute Gasteiger partial charge is 0.444 e. The van der Waals surface area contributed by atoms with Crippen molar-refractivity contribution in [2.24, 2.45) is 0 Å². The van der Waals surface area contributed by atoms with Crippen LogP contribution in [-0.4, -0.2) is 53.6 Å². The molecule has 0 bridgehead atoms. The van der Waals surface area contributed by atoms with E-state index in [-0.39, 0.29) is 16.2 Å². The van der Waals surface area contributed by atoms with E-state index in [2.05, 4.69) is 0 Å². The molecule has 0 N–H and O–H groups in total. The number of hydrogen-bond donors (Lipinski definition) is 0. The van der Waals surface area contributed by atoms with Crippen LogP contribution in [0.4, 0.5) is 13.6 Å². The third kappa shape index (κ3) is 4.59. The average Bonchev–Trinajstić information content (AvgIpc) is 2.98. The topological polar surface area (TPSA) is 49.9 Å². The minimum absolute atomic E-state index is 0.184. The third-order valence-corrected chi connectivity index (χ3v) is 4.77. The van der Waals surface area contributed by atoms with Crippen molar-refractivity contribution in [1.29, 1.82) is 0 Å². The second kappa shape index (κ2) is 7.43. The van der Waals surface area contributed by atoms with Crippen LogP contribution >= 0.6 is 22.6 Å². The summed E-state index contributed by atoms with van der Waals surface area (Å²) in [5.74, 6) is -2.44. The van der Waals surface area contributed by atoms with Crippen LogP contribution in [0, 0.1) is 15.2 Å². The van der Waals surface area contributed by atoms with Crippen LogP contribution in [0.3, 0.4) is 0 Å². The summed E-state index contributed by atoms with van der Waals surface area (Å²) >= 11 is 1.72. The van der Waals surface area contributed by atoms with Gasteiger partial charge in [-0.15, -0.1) is 0 Å². The highest BCUT2D eigenvalue weighted by atomic mass is 127. The Morgan fingerprint density at radius 2 is 1.96 bits per heavy atom. The SMILES string of the molecule is CN(C(=O)OC(C)(C)C)C1CCN(C(=O)c2c(F)ccc(I)c2F)C1. The van der Waals surface area contributed by atoms with Crippen molar-refractivity contribution in [3.8, 4) is 0 Å². The van der Waals surface area contributed by atoms with Crippen molar-refractivity contribution in [2.45, 2.75) is 38.8 Å². The van der Waals surface area contributed by atoms with Crippen LogP contribution in [-0.2, 0) is 4.74 Å². The van der Waals surface area contributed by atoms with Crippen molar-refractivity contribution >= 4 is 34.6 Å². The Bertz CT molecular complexity index is 691. The van der Waals surface area contributed by atoms with Gasteiger partial charge in [-0.3, -0.25) is 4.79 Å². The molecule has 138 valence electrons. The molecule has 0 spiro atoms. The monoisotopic (exact) mass is 466 g/mol. The first-order valence-corrected chi connectivity index (χ1v) is 8.97. The van der Waals surface area contributed by atoms with E-state index < -0.39 is 34.8 Å². The lowest BCUT2D eigenvalue weighted by molar-refractivity contribution is 0.0226. The second-order valence-corrected chi connectivity index (χ2v) is 8.17. The van der Waals surface area contributed by atoms with Crippen molar-refractivity contribution < 1.29 is 23.1 Å². The number of likely N-dealkylation sites (tertiary alicyclic amines) is 1. The van der Waals surface area contributed by atoms with Crippen LogP contribution in [0.1, 0.15) is 37.6 Å². The highest BCUT2D eigenvalue weighted by molar-refractivity contribution is 14.1. The summed E-state index contributed by atoms with van der Waals surface area (Å²) < 4.78 is 33.6. The maximum atomic E-state index is 14.2. The fourth-order valence-corrected chi connectivity index (χ4v) is 3.06. The molecule has 5 nitrogen and oxygen atoms in total. The summed E-state index contributed by atoms with van der Waals surface area (Å²) in [6.07, 6.45) is 0.0349. The molecule has 1 aliphatic heterocycles. The maximum Gasteiger partial charge on any atom is 0.410 e. The van der Waals surface area contributed by atoms with Gasteiger partial charge in [0.05, 0.1) is 6.04 Å². The highest BCUT2D eigenvalue weighted by Gasteiger charge is 2.35. The molecule has 1 aliphatic rings. The maximum absolute atomic E-state index is 14.2. The Morgan fingerprint density at radius 1 is 1.32 bits per heavy atom. The third-order valence-electron chi connectivity index (χ3n) is 3.94. The summed E-state index contributed by atoms with van der Waals surface area (Å²) in [4.78, 5) is 27.4. The smallest absolute Gasteiger partial charge is 0.410 e. The van der Waals surface area contributed by atoms with E-state index in [1.54, 1.807) is 50.4 Å². The van der Waals surface area contributed by atoms with Gasteiger partial charge in [-0.25, -0.2) is 13.6 Å². The molecular weight excluding hydrogens is 445 g/mol. The Morgan fingerprint density at radius 3 is 2.56 bits per heavy atom. The lowest BCUT2D eigenvalue weighted by Gasteiger charge is -2.28. The Kier molecular flexibility index (Phi) is 5.90. The van der Waals surface area contributed by atoms with Crippen LogP contribution < -0.4 is 0 Å². The number of carbonyl (C=O) groups is 2. The van der Waals surface area contributed by atoms with E-state index in [9.17, 15) is 18.4 Å². The molecule has 0 saturated carbocycles. The van der Waals surface area contributed by atoms with Gasteiger partial charge < -0.3 is 14.5 Å². The number of benzene rings is 1. The molecule has 1 heterocycles. The average molecular weight is 466 g/mol. The fraction of sp³-hybridized carbons (Fsp3) is 0.529. The van der Waals surface area contributed by atoms with Gasteiger partial charge in [0.2, 0.25) is 0 Å². The van der Waals surface area contributed by atoms with E-state index >= 15 is 0 Å². The fourth-order valence-electron chi connectivity index (χ4n) is 2.61. The van der Waals surface area contributed by atoms with Crippen LogP contribution in [0.25, 0.3) is 0 Å². The van der Waals surface area contributed by atoms with E-state index in [0.717, 1.165) is 6.07 Å². The second-order valence-electron chi connectivity index (χ2n) is 7.00. The number of hydrogen-bond acceptors (Lipinski definition) is 3. The first-order valence-electron chi connectivity index (χ1n) is 7.90. The van der Waals surface area contributed by atoms with Crippen LogP contribution in [0.5, 0.6) is 0 Å². The van der Waals surface area contributed by atoms with Gasteiger partial charge in [-0.05, 0) is 61.9 Å². The number of carbonyl (C=O) groups excluding carboxylic acids is 2. The zero-order chi connectivity index (χ0) is 18.9.